The van der Waals surface area contributed by atoms with Crippen molar-refractivity contribution in [1.82, 2.24) is 14.8 Å². The number of rotatable bonds is 3. The first-order valence-electron chi connectivity index (χ1n) is 9.33. The van der Waals surface area contributed by atoms with E-state index in [1.165, 1.54) is 6.07 Å². The Morgan fingerprint density at radius 3 is 2.52 bits per heavy atom. The number of hydrogen-bond donors (Lipinski definition) is 0. The SMILES string of the molecule is CN(C)C(=O)c1cccc(N2C[C@@H]3CN(C)[C@@H](c4cccc(F)c4)[C@@H]3C2)n1.Cl.Cl. The minimum Gasteiger partial charge on any atom is -0.356 e. The second-order valence-corrected chi connectivity index (χ2v) is 7.85. The lowest BCUT2D eigenvalue weighted by molar-refractivity contribution is 0.0822. The van der Waals surface area contributed by atoms with Gasteiger partial charge >= 0.3 is 0 Å². The number of anilines is 1. The zero-order valence-electron chi connectivity index (χ0n) is 16.8. The van der Waals surface area contributed by atoms with E-state index in [9.17, 15) is 9.18 Å². The molecule has 0 spiro atoms. The normalized spacial score (nSPS) is 23.2. The maximum Gasteiger partial charge on any atom is 0.272 e. The van der Waals surface area contributed by atoms with Gasteiger partial charge in [-0.05, 0) is 42.8 Å². The largest absolute Gasteiger partial charge is 0.356 e. The lowest BCUT2D eigenvalue weighted by Gasteiger charge is -2.27. The molecule has 29 heavy (non-hydrogen) atoms. The maximum absolute atomic E-state index is 13.7. The van der Waals surface area contributed by atoms with Crippen LogP contribution in [0.25, 0.3) is 0 Å². The molecule has 1 aromatic heterocycles. The molecule has 3 atom stereocenters. The van der Waals surface area contributed by atoms with Gasteiger partial charge in [0.2, 0.25) is 0 Å². The number of hydrogen-bond acceptors (Lipinski definition) is 4. The summed E-state index contributed by atoms with van der Waals surface area (Å²) in [6.45, 7) is 2.76. The summed E-state index contributed by atoms with van der Waals surface area (Å²) in [5.41, 5.74) is 1.50. The summed E-state index contributed by atoms with van der Waals surface area (Å²) in [5.74, 6) is 1.51. The lowest BCUT2D eigenvalue weighted by atomic mass is 9.89. The van der Waals surface area contributed by atoms with E-state index >= 15 is 0 Å². The van der Waals surface area contributed by atoms with Crippen molar-refractivity contribution in [2.24, 2.45) is 11.8 Å². The number of fused-ring (bicyclic) bond motifs is 1. The highest BCUT2D eigenvalue weighted by Gasteiger charge is 2.46. The summed E-state index contributed by atoms with van der Waals surface area (Å²) in [7, 11) is 5.58. The molecule has 2 aliphatic heterocycles. The highest BCUT2D eigenvalue weighted by molar-refractivity contribution is 5.92. The van der Waals surface area contributed by atoms with Crippen LogP contribution in [0.2, 0.25) is 0 Å². The van der Waals surface area contributed by atoms with Gasteiger partial charge in [-0.25, -0.2) is 9.37 Å². The van der Waals surface area contributed by atoms with Crippen molar-refractivity contribution in [1.29, 1.82) is 0 Å². The fraction of sp³-hybridized carbons (Fsp3) is 0.429. The van der Waals surface area contributed by atoms with Crippen LogP contribution in [0.4, 0.5) is 10.2 Å². The van der Waals surface area contributed by atoms with E-state index < -0.39 is 0 Å². The first-order valence-corrected chi connectivity index (χ1v) is 9.33. The van der Waals surface area contributed by atoms with Crippen molar-refractivity contribution in [3.05, 3.63) is 59.5 Å². The van der Waals surface area contributed by atoms with Crippen LogP contribution in [-0.2, 0) is 0 Å². The first kappa shape index (κ1) is 23.4. The third-order valence-electron chi connectivity index (χ3n) is 5.77. The number of benzene rings is 1. The highest BCUT2D eigenvalue weighted by Crippen LogP contribution is 2.44. The molecule has 2 aromatic rings. The van der Waals surface area contributed by atoms with Gasteiger partial charge < -0.3 is 9.80 Å². The van der Waals surface area contributed by atoms with Crippen molar-refractivity contribution < 1.29 is 9.18 Å². The quantitative estimate of drug-likeness (QED) is 0.731. The van der Waals surface area contributed by atoms with E-state index in [4.69, 9.17) is 0 Å². The van der Waals surface area contributed by atoms with E-state index in [1.807, 2.05) is 18.2 Å². The summed E-state index contributed by atoms with van der Waals surface area (Å²) in [5, 5.41) is 0. The lowest BCUT2D eigenvalue weighted by Crippen LogP contribution is -2.30. The van der Waals surface area contributed by atoms with Gasteiger partial charge in [0.05, 0.1) is 0 Å². The number of likely N-dealkylation sites (tertiary alicyclic amines) is 1. The molecule has 2 saturated heterocycles. The Labute approximate surface area is 183 Å². The summed E-state index contributed by atoms with van der Waals surface area (Å²) in [4.78, 5) is 23.0. The van der Waals surface area contributed by atoms with Crippen molar-refractivity contribution >= 4 is 36.5 Å². The molecule has 0 aliphatic carbocycles. The molecule has 1 aromatic carbocycles. The number of carbonyl (C=O) groups is 1. The van der Waals surface area contributed by atoms with Gasteiger partial charge in [-0.1, -0.05) is 18.2 Å². The van der Waals surface area contributed by atoms with Crippen molar-refractivity contribution in [2.75, 3.05) is 45.7 Å². The Morgan fingerprint density at radius 1 is 1.10 bits per heavy atom. The average Bonchev–Trinajstić information content (AvgIpc) is 3.17. The topological polar surface area (TPSA) is 39.7 Å². The summed E-state index contributed by atoms with van der Waals surface area (Å²) in [6, 6.07) is 12.8. The first-order chi connectivity index (χ1) is 12.9. The smallest absolute Gasteiger partial charge is 0.272 e. The number of amides is 1. The zero-order valence-corrected chi connectivity index (χ0v) is 18.4. The summed E-state index contributed by atoms with van der Waals surface area (Å²) in [6.07, 6.45) is 0. The minimum absolute atomic E-state index is 0. The standard InChI is InChI=1S/C21H25FN4O.2ClH/c1-24(2)21(27)18-8-5-9-19(23-18)26-12-15-11-25(3)20(17(15)13-26)14-6-4-7-16(22)10-14;;/h4-10,15,17,20H,11-13H2,1-3H3;2*1H/t15-,17+,20-;;/m0../s1. The van der Waals surface area contributed by atoms with Crippen LogP contribution in [0.15, 0.2) is 42.5 Å². The Balaban J connectivity index is 0.00000150. The van der Waals surface area contributed by atoms with Crippen molar-refractivity contribution in [2.45, 2.75) is 6.04 Å². The molecule has 2 fully saturated rings. The molecule has 158 valence electrons. The van der Waals surface area contributed by atoms with Crippen molar-refractivity contribution in [3.63, 3.8) is 0 Å². The number of pyridine rings is 1. The van der Waals surface area contributed by atoms with E-state index in [2.05, 4.69) is 21.8 Å². The van der Waals surface area contributed by atoms with E-state index in [-0.39, 0.29) is 42.6 Å². The molecular weight excluding hydrogens is 414 g/mol. The van der Waals surface area contributed by atoms with Gasteiger partial charge in [-0.15, -0.1) is 24.8 Å². The molecule has 4 rings (SSSR count). The molecule has 5 nitrogen and oxygen atoms in total. The van der Waals surface area contributed by atoms with Crippen LogP contribution in [0.3, 0.4) is 0 Å². The van der Waals surface area contributed by atoms with Gasteiger partial charge in [0.25, 0.3) is 5.91 Å². The Bertz CT molecular complexity index is 866. The van der Waals surface area contributed by atoms with Gasteiger partial charge in [0.15, 0.2) is 0 Å². The number of halogens is 3. The number of aromatic nitrogens is 1. The molecule has 0 unspecified atom stereocenters. The van der Waals surface area contributed by atoms with Crippen LogP contribution >= 0.6 is 24.8 Å². The third kappa shape index (κ3) is 4.49. The number of carbonyl (C=O) groups excluding carboxylic acids is 1. The fourth-order valence-corrected chi connectivity index (χ4v) is 4.58. The monoisotopic (exact) mass is 440 g/mol. The van der Waals surface area contributed by atoms with E-state index in [0.29, 0.717) is 17.5 Å². The minimum atomic E-state index is -0.184. The molecule has 2 aliphatic rings. The third-order valence-corrected chi connectivity index (χ3v) is 5.77. The molecule has 3 heterocycles. The second kappa shape index (κ2) is 9.28. The van der Waals surface area contributed by atoms with Gasteiger partial charge in [-0.2, -0.15) is 0 Å². The van der Waals surface area contributed by atoms with Crippen LogP contribution < -0.4 is 4.90 Å². The van der Waals surface area contributed by atoms with Crippen LogP contribution in [0.5, 0.6) is 0 Å². The van der Waals surface area contributed by atoms with Crippen LogP contribution in [0.1, 0.15) is 22.1 Å². The highest BCUT2D eigenvalue weighted by atomic mass is 35.5. The van der Waals surface area contributed by atoms with Crippen LogP contribution in [0, 0.1) is 17.7 Å². The molecule has 0 N–H and O–H groups in total. The Kier molecular flexibility index (Phi) is 7.49. The Hall–Kier alpha value is -1.89. The zero-order chi connectivity index (χ0) is 19.1. The summed E-state index contributed by atoms with van der Waals surface area (Å²) < 4.78 is 13.7. The Morgan fingerprint density at radius 2 is 1.83 bits per heavy atom. The van der Waals surface area contributed by atoms with Gasteiger partial charge in [-0.3, -0.25) is 9.69 Å². The van der Waals surface area contributed by atoms with Gasteiger partial charge in [0, 0.05) is 45.7 Å². The molecule has 0 bridgehead atoms. The molecule has 8 heteroatoms. The molecule has 0 saturated carbocycles. The molecule has 1 amide bonds. The van der Waals surface area contributed by atoms with E-state index in [1.54, 1.807) is 37.2 Å². The second-order valence-electron chi connectivity index (χ2n) is 7.85. The molecule has 0 radical (unpaired) electrons. The summed E-state index contributed by atoms with van der Waals surface area (Å²) >= 11 is 0. The predicted molar refractivity (Wildman–Crippen MR) is 118 cm³/mol. The maximum atomic E-state index is 13.7. The average molecular weight is 441 g/mol. The number of nitrogens with zero attached hydrogens (tertiary/aromatic N) is 4. The predicted octanol–water partition coefficient (Wildman–Crippen LogP) is 3.51. The van der Waals surface area contributed by atoms with Crippen molar-refractivity contribution in [3.8, 4) is 0 Å². The molecular formula is C21H27Cl2FN4O. The fourth-order valence-electron chi connectivity index (χ4n) is 4.58. The van der Waals surface area contributed by atoms with Crippen LogP contribution in [-0.4, -0.2) is 61.5 Å². The van der Waals surface area contributed by atoms with Gasteiger partial charge in [0.1, 0.15) is 17.3 Å². The van der Waals surface area contributed by atoms with E-state index in [0.717, 1.165) is 31.0 Å².